The number of imide groups is 1. The maximum absolute atomic E-state index is 13.2. The molecule has 5 nitrogen and oxygen atoms in total. The van der Waals surface area contributed by atoms with E-state index in [1.165, 1.54) is 30.6 Å². The van der Waals surface area contributed by atoms with E-state index in [2.05, 4.69) is 5.32 Å². The molecule has 0 bridgehead atoms. The predicted octanol–water partition coefficient (Wildman–Crippen LogP) is 5.35. The number of nitrogens with two attached hydrogens (primary N) is 1. The van der Waals surface area contributed by atoms with Crippen LogP contribution >= 0.6 is 0 Å². The highest BCUT2D eigenvalue weighted by Crippen LogP contribution is 2.35. The normalized spacial score (nSPS) is 13.1. The number of unbranched alkanes of at least 4 members (excludes halogenated alkanes) is 5. The van der Waals surface area contributed by atoms with Crippen LogP contribution in [-0.2, 0) is 6.54 Å². The molecule has 0 saturated carbocycles. The van der Waals surface area contributed by atoms with Gasteiger partial charge in [0.25, 0.3) is 11.8 Å². The summed E-state index contributed by atoms with van der Waals surface area (Å²) < 4.78 is 0. The van der Waals surface area contributed by atoms with E-state index in [0.29, 0.717) is 11.1 Å². The molecule has 0 atom stereocenters. The van der Waals surface area contributed by atoms with Gasteiger partial charge in [-0.3, -0.25) is 14.5 Å². The van der Waals surface area contributed by atoms with Crippen LogP contribution in [0.4, 0.5) is 5.69 Å². The zero-order chi connectivity index (χ0) is 22.3. The van der Waals surface area contributed by atoms with Gasteiger partial charge in [0.15, 0.2) is 0 Å². The Balaban J connectivity index is 1.48. The highest BCUT2D eigenvalue weighted by atomic mass is 16.2. The Morgan fingerprint density at radius 3 is 2.16 bits per heavy atom. The summed E-state index contributed by atoms with van der Waals surface area (Å²) in [6, 6.07) is 19.2. The lowest BCUT2D eigenvalue weighted by atomic mass is 9.92. The van der Waals surface area contributed by atoms with Gasteiger partial charge in [-0.05, 0) is 43.1 Å². The van der Waals surface area contributed by atoms with Crippen LogP contribution in [0.3, 0.4) is 0 Å². The number of nitrogens with one attached hydrogen (secondary N) is 1. The van der Waals surface area contributed by atoms with Crippen LogP contribution in [0.25, 0.3) is 10.8 Å². The lowest BCUT2D eigenvalue weighted by Crippen LogP contribution is -2.39. The molecule has 3 N–H and O–H groups in total. The van der Waals surface area contributed by atoms with Gasteiger partial charge >= 0.3 is 0 Å². The van der Waals surface area contributed by atoms with Gasteiger partial charge in [0, 0.05) is 34.1 Å². The molecule has 1 heterocycles. The Bertz CT molecular complexity index is 1070. The minimum Gasteiger partial charge on any atom is -0.385 e. The van der Waals surface area contributed by atoms with Crippen molar-refractivity contribution in [2.24, 2.45) is 5.73 Å². The van der Waals surface area contributed by atoms with Crippen molar-refractivity contribution < 1.29 is 9.59 Å². The Hall–Kier alpha value is -3.18. The molecule has 3 aromatic carbocycles. The molecule has 0 spiro atoms. The van der Waals surface area contributed by atoms with Gasteiger partial charge in [0.1, 0.15) is 0 Å². The summed E-state index contributed by atoms with van der Waals surface area (Å²) >= 11 is 0. The number of anilines is 1. The molecule has 166 valence electrons. The molecule has 2 amide bonds. The van der Waals surface area contributed by atoms with E-state index in [0.717, 1.165) is 48.0 Å². The van der Waals surface area contributed by atoms with E-state index in [1.54, 1.807) is 0 Å². The lowest BCUT2D eigenvalue weighted by molar-refractivity contribution is 0.0598. The van der Waals surface area contributed by atoms with Crippen LogP contribution in [0, 0.1) is 0 Å². The molecule has 0 unspecified atom stereocenters. The molecule has 32 heavy (non-hydrogen) atoms. The third kappa shape index (κ3) is 4.68. The lowest BCUT2D eigenvalue weighted by Gasteiger charge is -2.28. The zero-order valence-electron chi connectivity index (χ0n) is 18.5. The number of carbonyl (C=O) groups excluding carboxylic acids is 2. The maximum atomic E-state index is 13.2. The Morgan fingerprint density at radius 2 is 1.41 bits per heavy atom. The fourth-order valence-corrected chi connectivity index (χ4v) is 4.41. The summed E-state index contributed by atoms with van der Waals surface area (Å²) in [4.78, 5) is 27.8. The number of rotatable bonds is 11. The second kappa shape index (κ2) is 10.4. The van der Waals surface area contributed by atoms with E-state index in [9.17, 15) is 9.59 Å². The molecule has 5 heteroatoms. The fraction of sp³-hybridized carbons (Fsp3) is 0.333. The molecule has 4 rings (SSSR count). The fourth-order valence-electron chi connectivity index (χ4n) is 4.41. The summed E-state index contributed by atoms with van der Waals surface area (Å²) in [6.45, 7) is 1.93. The zero-order valence-corrected chi connectivity index (χ0v) is 18.5. The molecule has 0 aliphatic carbocycles. The topological polar surface area (TPSA) is 75.4 Å². The van der Waals surface area contributed by atoms with Crippen LogP contribution in [0.1, 0.15) is 64.8 Å². The first-order chi connectivity index (χ1) is 15.7. The van der Waals surface area contributed by atoms with Crippen molar-refractivity contribution >= 4 is 28.3 Å². The summed E-state index contributed by atoms with van der Waals surface area (Å²) in [6.07, 6.45) is 7.06. The minimum absolute atomic E-state index is 0.230. The third-order valence-corrected chi connectivity index (χ3v) is 6.12. The number of nitrogens with zero attached hydrogens (tertiary/aromatic N) is 1. The molecule has 1 aliphatic rings. The number of hydrogen-bond donors (Lipinski definition) is 2. The molecular formula is C27H31N3O2. The first kappa shape index (κ1) is 22.0. The smallest absolute Gasteiger partial charge is 0.261 e. The Kier molecular flexibility index (Phi) is 7.17. The molecule has 0 saturated heterocycles. The van der Waals surface area contributed by atoms with E-state index in [-0.39, 0.29) is 18.4 Å². The van der Waals surface area contributed by atoms with Crippen molar-refractivity contribution in [2.75, 3.05) is 18.4 Å². The van der Waals surface area contributed by atoms with Crippen LogP contribution in [-0.4, -0.2) is 29.8 Å². The molecule has 1 aliphatic heterocycles. The number of amides is 2. The van der Waals surface area contributed by atoms with Crippen LogP contribution < -0.4 is 11.1 Å². The van der Waals surface area contributed by atoms with Gasteiger partial charge in [-0.15, -0.1) is 0 Å². The van der Waals surface area contributed by atoms with Crippen LogP contribution in [0.5, 0.6) is 0 Å². The second-order valence-electron chi connectivity index (χ2n) is 8.41. The predicted molar refractivity (Wildman–Crippen MR) is 130 cm³/mol. The van der Waals surface area contributed by atoms with Gasteiger partial charge < -0.3 is 11.1 Å². The second-order valence-corrected chi connectivity index (χ2v) is 8.41. The summed E-state index contributed by atoms with van der Waals surface area (Å²) in [5.41, 5.74) is 8.64. The van der Waals surface area contributed by atoms with Gasteiger partial charge in [-0.25, -0.2) is 0 Å². The van der Waals surface area contributed by atoms with E-state index < -0.39 is 0 Å². The monoisotopic (exact) mass is 429 g/mol. The average Bonchev–Trinajstić information content (AvgIpc) is 2.83. The van der Waals surface area contributed by atoms with Crippen molar-refractivity contribution in [2.45, 2.75) is 45.1 Å². The van der Waals surface area contributed by atoms with Crippen LogP contribution in [0.15, 0.2) is 60.7 Å². The standard InChI is InChI=1S/C27H31N3O2/c28-17-8-3-1-2-4-9-18-29-24-16-15-23-25-21(24)13-10-14-22(25)26(31)30(27(23)32)19-20-11-6-5-7-12-20/h5-7,10-16,29H,1-4,8-9,17-19,28H2. The summed E-state index contributed by atoms with van der Waals surface area (Å²) in [5, 5.41) is 5.21. The molecular weight excluding hydrogens is 398 g/mol. The van der Waals surface area contributed by atoms with E-state index >= 15 is 0 Å². The van der Waals surface area contributed by atoms with Gasteiger partial charge in [-0.1, -0.05) is 68.1 Å². The quantitative estimate of drug-likeness (QED) is 0.318. The number of carbonyl (C=O) groups is 2. The SMILES string of the molecule is NCCCCCCCCNc1ccc2c3c(cccc13)C(=O)N(Cc1ccccc1)C2=O. The number of benzene rings is 3. The molecule has 3 aromatic rings. The highest BCUT2D eigenvalue weighted by Gasteiger charge is 2.33. The molecule has 0 aromatic heterocycles. The highest BCUT2D eigenvalue weighted by molar-refractivity contribution is 6.26. The van der Waals surface area contributed by atoms with Crippen molar-refractivity contribution in [1.29, 1.82) is 0 Å². The Labute approximate surface area is 189 Å². The summed E-state index contributed by atoms with van der Waals surface area (Å²) in [5.74, 6) is -0.460. The number of hydrogen-bond acceptors (Lipinski definition) is 4. The summed E-state index contributed by atoms with van der Waals surface area (Å²) in [7, 11) is 0. The van der Waals surface area contributed by atoms with Crippen molar-refractivity contribution in [3.63, 3.8) is 0 Å². The van der Waals surface area contributed by atoms with E-state index in [1.807, 2.05) is 60.7 Å². The van der Waals surface area contributed by atoms with Gasteiger partial charge in [-0.2, -0.15) is 0 Å². The first-order valence-corrected chi connectivity index (χ1v) is 11.6. The van der Waals surface area contributed by atoms with Crippen molar-refractivity contribution in [3.05, 3.63) is 77.4 Å². The van der Waals surface area contributed by atoms with Crippen molar-refractivity contribution in [1.82, 2.24) is 4.90 Å². The van der Waals surface area contributed by atoms with Crippen LogP contribution in [0.2, 0.25) is 0 Å². The molecule has 0 fully saturated rings. The van der Waals surface area contributed by atoms with Crippen molar-refractivity contribution in [3.8, 4) is 0 Å². The largest absolute Gasteiger partial charge is 0.385 e. The minimum atomic E-state index is -0.230. The van der Waals surface area contributed by atoms with Gasteiger partial charge in [0.2, 0.25) is 0 Å². The van der Waals surface area contributed by atoms with Gasteiger partial charge in [0.05, 0.1) is 6.54 Å². The molecule has 0 radical (unpaired) electrons. The Morgan fingerprint density at radius 1 is 0.719 bits per heavy atom. The average molecular weight is 430 g/mol. The maximum Gasteiger partial charge on any atom is 0.261 e. The first-order valence-electron chi connectivity index (χ1n) is 11.6. The third-order valence-electron chi connectivity index (χ3n) is 6.12. The van der Waals surface area contributed by atoms with E-state index in [4.69, 9.17) is 5.73 Å².